The molecule has 98 valence electrons. The molecule has 2 aliphatic rings. The van der Waals surface area contributed by atoms with Crippen molar-refractivity contribution < 1.29 is 19.4 Å². The van der Waals surface area contributed by atoms with Gasteiger partial charge in [-0.15, -0.1) is 0 Å². The van der Waals surface area contributed by atoms with Gasteiger partial charge in [0.2, 0.25) is 0 Å². The van der Waals surface area contributed by atoms with E-state index in [2.05, 4.69) is 0 Å². The van der Waals surface area contributed by atoms with Gasteiger partial charge in [0.05, 0.1) is 12.1 Å². The monoisotopic (exact) mass is 243 g/mol. The third-order valence-electron chi connectivity index (χ3n) is 3.18. The fourth-order valence-corrected chi connectivity index (χ4v) is 2.45. The molecular weight excluding hydrogens is 222 g/mol. The van der Waals surface area contributed by atoms with Crippen LogP contribution in [0.1, 0.15) is 33.6 Å². The second-order valence-electron chi connectivity index (χ2n) is 5.72. The van der Waals surface area contributed by atoms with Crippen LogP contribution in [0.4, 0.5) is 4.79 Å². The van der Waals surface area contributed by atoms with E-state index in [0.29, 0.717) is 19.6 Å². The molecule has 0 bridgehead atoms. The van der Waals surface area contributed by atoms with Crippen LogP contribution in [0.2, 0.25) is 0 Å². The summed E-state index contributed by atoms with van der Waals surface area (Å²) in [4.78, 5) is 13.7. The normalized spacial score (nSPS) is 33.4. The zero-order valence-corrected chi connectivity index (χ0v) is 10.7. The van der Waals surface area contributed by atoms with Crippen LogP contribution < -0.4 is 0 Å². The highest BCUT2D eigenvalue weighted by Gasteiger charge is 2.44. The molecule has 0 saturated carbocycles. The summed E-state index contributed by atoms with van der Waals surface area (Å²) in [5, 5.41) is 9.81. The van der Waals surface area contributed by atoms with E-state index in [4.69, 9.17) is 9.47 Å². The van der Waals surface area contributed by atoms with Crippen molar-refractivity contribution >= 4 is 6.09 Å². The predicted octanol–water partition coefficient (Wildman–Crippen LogP) is 1.15. The van der Waals surface area contributed by atoms with E-state index in [-0.39, 0.29) is 18.2 Å². The van der Waals surface area contributed by atoms with Crippen molar-refractivity contribution in [3.8, 4) is 0 Å². The average molecular weight is 243 g/mol. The Balaban J connectivity index is 2.03. The van der Waals surface area contributed by atoms with Crippen molar-refractivity contribution in [3.05, 3.63) is 0 Å². The number of nitrogens with zero attached hydrogens (tertiary/aromatic N) is 1. The molecule has 2 rings (SSSR count). The Kier molecular flexibility index (Phi) is 3.32. The third-order valence-corrected chi connectivity index (χ3v) is 3.18. The van der Waals surface area contributed by atoms with E-state index in [1.54, 1.807) is 4.90 Å². The number of hydrogen-bond donors (Lipinski definition) is 1. The van der Waals surface area contributed by atoms with Crippen LogP contribution in [-0.2, 0) is 9.47 Å². The first-order valence-electron chi connectivity index (χ1n) is 6.18. The lowest BCUT2D eigenvalue weighted by molar-refractivity contribution is -0.0687. The van der Waals surface area contributed by atoms with E-state index >= 15 is 0 Å². The Bertz CT molecular complexity index is 299. The summed E-state index contributed by atoms with van der Waals surface area (Å²) in [6.07, 6.45) is 0.337. The number of likely N-dealkylation sites (tertiary alicyclic amines) is 1. The quantitative estimate of drug-likeness (QED) is 0.693. The number of amides is 1. The van der Waals surface area contributed by atoms with Gasteiger partial charge in [-0.3, -0.25) is 0 Å². The maximum absolute atomic E-state index is 12.0. The molecule has 0 aromatic heterocycles. The number of carbonyl (C=O) groups is 1. The standard InChI is InChI=1S/C12H21NO4/c1-12(2,3)17-11(15)13-6-4-9(14)10-8(13)5-7-16-10/h8-10,14H,4-7H2,1-3H3/t8-,9+,10-/m0/s1. The molecule has 17 heavy (non-hydrogen) atoms. The Labute approximate surface area is 102 Å². The van der Waals surface area contributed by atoms with Gasteiger partial charge in [0.25, 0.3) is 0 Å². The molecule has 0 aromatic carbocycles. The number of aliphatic hydroxyl groups is 1. The van der Waals surface area contributed by atoms with Crippen molar-refractivity contribution in [2.24, 2.45) is 0 Å². The summed E-state index contributed by atoms with van der Waals surface area (Å²) in [6.45, 7) is 6.71. The van der Waals surface area contributed by atoms with Crippen molar-refractivity contribution in [1.29, 1.82) is 0 Å². The highest BCUT2D eigenvalue weighted by atomic mass is 16.6. The molecule has 0 aromatic rings. The van der Waals surface area contributed by atoms with Crippen LogP contribution in [0.3, 0.4) is 0 Å². The molecule has 1 N–H and O–H groups in total. The highest BCUT2D eigenvalue weighted by molar-refractivity contribution is 5.69. The van der Waals surface area contributed by atoms with Gasteiger partial charge in [-0.2, -0.15) is 0 Å². The number of rotatable bonds is 0. The van der Waals surface area contributed by atoms with Crippen LogP contribution in [0.5, 0.6) is 0 Å². The Morgan fingerprint density at radius 3 is 2.76 bits per heavy atom. The highest BCUT2D eigenvalue weighted by Crippen LogP contribution is 2.29. The summed E-state index contributed by atoms with van der Waals surface area (Å²) in [5.74, 6) is 0. The van der Waals surface area contributed by atoms with Crippen LogP contribution >= 0.6 is 0 Å². The Morgan fingerprint density at radius 1 is 1.41 bits per heavy atom. The molecule has 5 heteroatoms. The van der Waals surface area contributed by atoms with Crippen LogP contribution in [-0.4, -0.2) is 53.1 Å². The van der Waals surface area contributed by atoms with E-state index in [1.165, 1.54) is 0 Å². The molecule has 3 atom stereocenters. The summed E-state index contributed by atoms with van der Waals surface area (Å²) < 4.78 is 10.9. The summed E-state index contributed by atoms with van der Waals surface area (Å²) in [6, 6.07) is -0.0337. The molecule has 2 aliphatic heterocycles. The first-order chi connectivity index (χ1) is 7.88. The van der Waals surface area contributed by atoms with Crippen LogP contribution in [0, 0.1) is 0 Å². The van der Waals surface area contributed by atoms with Gasteiger partial charge in [-0.25, -0.2) is 4.79 Å². The fraction of sp³-hybridized carbons (Fsp3) is 0.917. The maximum Gasteiger partial charge on any atom is 0.410 e. The van der Waals surface area contributed by atoms with E-state index in [9.17, 15) is 9.90 Å². The smallest absolute Gasteiger partial charge is 0.410 e. The minimum atomic E-state index is -0.484. The zero-order valence-electron chi connectivity index (χ0n) is 10.7. The van der Waals surface area contributed by atoms with Gasteiger partial charge in [0.15, 0.2) is 0 Å². The van der Waals surface area contributed by atoms with E-state index < -0.39 is 11.7 Å². The molecule has 2 saturated heterocycles. The minimum Gasteiger partial charge on any atom is -0.444 e. The van der Waals surface area contributed by atoms with Gasteiger partial charge in [-0.1, -0.05) is 0 Å². The molecule has 2 fully saturated rings. The number of ether oxygens (including phenoxy) is 2. The second kappa shape index (κ2) is 4.46. The van der Waals surface area contributed by atoms with Crippen molar-refractivity contribution in [2.45, 2.75) is 57.5 Å². The summed E-state index contributed by atoms with van der Waals surface area (Å²) in [5.41, 5.74) is -0.484. The molecule has 0 spiro atoms. The van der Waals surface area contributed by atoms with Gasteiger partial charge in [0.1, 0.15) is 11.7 Å². The van der Waals surface area contributed by atoms with Crippen molar-refractivity contribution in [1.82, 2.24) is 4.90 Å². The number of hydrogen-bond acceptors (Lipinski definition) is 4. The fourth-order valence-electron chi connectivity index (χ4n) is 2.45. The molecule has 1 amide bonds. The molecule has 5 nitrogen and oxygen atoms in total. The largest absolute Gasteiger partial charge is 0.444 e. The Hall–Kier alpha value is -0.810. The van der Waals surface area contributed by atoms with Crippen molar-refractivity contribution in [2.75, 3.05) is 13.2 Å². The van der Waals surface area contributed by atoms with Gasteiger partial charge in [0, 0.05) is 13.2 Å². The number of aliphatic hydroxyl groups excluding tert-OH is 1. The van der Waals surface area contributed by atoms with E-state index in [1.807, 2.05) is 20.8 Å². The Morgan fingerprint density at radius 2 is 2.12 bits per heavy atom. The average Bonchev–Trinajstić information content (AvgIpc) is 2.64. The van der Waals surface area contributed by atoms with Crippen LogP contribution in [0.25, 0.3) is 0 Å². The topological polar surface area (TPSA) is 59.0 Å². The predicted molar refractivity (Wildman–Crippen MR) is 61.7 cm³/mol. The minimum absolute atomic E-state index is 0.0337. The number of fused-ring (bicyclic) bond motifs is 1. The van der Waals surface area contributed by atoms with Gasteiger partial charge >= 0.3 is 6.09 Å². The first-order valence-corrected chi connectivity index (χ1v) is 6.18. The summed E-state index contributed by atoms with van der Waals surface area (Å²) in [7, 11) is 0. The molecule has 2 heterocycles. The second-order valence-corrected chi connectivity index (χ2v) is 5.72. The molecule has 0 unspecified atom stereocenters. The molecular formula is C12H21NO4. The third kappa shape index (κ3) is 2.72. The molecule has 0 aliphatic carbocycles. The first kappa shape index (κ1) is 12.6. The van der Waals surface area contributed by atoms with Crippen molar-refractivity contribution in [3.63, 3.8) is 0 Å². The number of carbonyl (C=O) groups excluding carboxylic acids is 1. The SMILES string of the molecule is CC(C)(C)OC(=O)N1CC[C@@H](O)[C@H]2OCC[C@@H]21. The maximum atomic E-state index is 12.0. The zero-order chi connectivity index (χ0) is 12.6. The van der Waals surface area contributed by atoms with Gasteiger partial charge < -0.3 is 19.5 Å². The lowest BCUT2D eigenvalue weighted by Gasteiger charge is -2.39. The number of piperidine rings is 1. The lowest BCUT2D eigenvalue weighted by Crippen LogP contribution is -2.55. The van der Waals surface area contributed by atoms with E-state index in [0.717, 1.165) is 6.42 Å². The van der Waals surface area contributed by atoms with Crippen LogP contribution in [0.15, 0.2) is 0 Å². The summed E-state index contributed by atoms with van der Waals surface area (Å²) >= 11 is 0. The lowest BCUT2D eigenvalue weighted by atomic mass is 9.96. The molecule has 0 radical (unpaired) electrons. The van der Waals surface area contributed by atoms with Gasteiger partial charge in [-0.05, 0) is 33.6 Å².